The SMILES string of the molecule is CCOCn1ccc2cccc(N)c21. The molecule has 0 radical (unpaired) electrons. The Morgan fingerprint density at radius 3 is 3.00 bits per heavy atom. The molecule has 3 nitrogen and oxygen atoms in total. The molecule has 2 rings (SSSR count). The third kappa shape index (κ3) is 1.46. The fraction of sp³-hybridized carbons (Fsp3) is 0.273. The highest BCUT2D eigenvalue weighted by atomic mass is 16.5. The van der Waals surface area contributed by atoms with Crippen LogP contribution >= 0.6 is 0 Å². The summed E-state index contributed by atoms with van der Waals surface area (Å²) in [6.45, 7) is 3.26. The minimum Gasteiger partial charge on any atom is -0.397 e. The third-order valence-corrected chi connectivity index (χ3v) is 2.25. The second-order valence-corrected chi connectivity index (χ2v) is 3.19. The zero-order valence-electron chi connectivity index (χ0n) is 8.23. The first-order chi connectivity index (χ1) is 6.83. The summed E-state index contributed by atoms with van der Waals surface area (Å²) in [4.78, 5) is 0. The third-order valence-electron chi connectivity index (χ3n) is 2.25. The van der Waals surface area contributed by atoms with Gasteiger partial charge in [-0.2, -0.15) is 0 Å². The lowest BCUT2D eigenvalue weighted by Crippen LogP contribution is -2.02. The normalized spacial score (nSPS) is 10.9. The number of nitrogen functional groups attached to an aromatic ring is 1. The van der Waals surface area contributed by atoms with Gasteiger partial charge in [0.2, 0.25) is 0 Å². The summed E-state index contributed by atoms with van der Waals surface area (Å²) in [6.07, 6.45) is 2.00. The van der Waals surface area contributed by atoms with E-state index in [9.17, 15) is 0 Å². The molecule has 2 aromatic rings. The van der Waals surface area contributed by atoms with Crippen LogP contribution in [0.25, 0.3) is 10.9 Å². The average molecular weight is 190 g/mol. The fourth-order valence-corrected chi connectivity index (χ4v) is 1.59. The monoisotopic (exact) mass is 190 g/mol. The van der Waals surface area contributed by atoms with E-state index in [-0.39, 0.29) is 0 Å². The maximum Gasteiger partial charge on any atom is 0.122 e. The summed E-state index contributed by atoms with van der Waals surface area (Å²) in [6, 6.07) is 7.96. The Bertz CT molecular complexity index is 434. The van der Waals surface area contributed by atoms with Gasteiger partial charge in [0.25, 0.3) is 0 Å². The maximum atomic E-state index is 5.90. The molecule has 3 heteroatoms. The van der Waals surface area contributed by atoms with Crippen molar-refractivity contribution in [3.8, 4) is 0 Å². The molecule has 0 spiro atoms. The molecule has 14 heavy (non-hydrogen) atoms. The summed E-state index contributed by atoms with van der Waals surface area (Å²) in [5, 5.41) is 1.16. The summed E-state index contributed by atoms with van der Waals surface area (Å²) in [5.41, 5.74) is 7.75. The lowest BCUT2D eigenvalue weighted by molar-refractivity contribution is 0.0909. The number of benzene rings is 1. The Balaban J connectivity index is 2.45. The number of para-hydroxylation sites is 1. The van der Waals surface area contributed by atoms with Crippen LogP contribution in [-0.2, 0) is 11.5 Å². The van der Waals surface area contributed by atoms with Gasteiger partial charge in [-0.3, -0.25) is 0 Å². The molecule has 0 fully saturated rings. The number of aromatic nitrogens is 1. The maximum absolute atomic E-state index is 5.90. The van der Waals surface area contributed by atoms with Gasteiger partial charge in [-0.15, -0.1) is 0 Å². The molecule has 1 heterocycles. The number of nitrogens with two attached hydrogens (primary N) is 1. The first-order valence-electron chi connectivity index (χ1n) is 4.74. The van der Waals surface area contributed by atoms with Gasteiger partial charge >= 0.3 is 0 Å². The molecule has 74 valence electrons. The van der Waals surface area contributed by atoms with Crippen LogP contribution in [0.3, 0.4) is 0 Å². The minimum absolute atomic E-state index is 0.564. The first-order valence-corrected chi connectivity index (χ1v) is 4.74. The summed E-state index contributed by atoms with van der Waals surface area (Å²) >= 11 is 0. The van der Waals surface area contributed by atoms with Crippen LogP contribution in [0.1, 0.15) is 6.92 Å². The lowest BCUT2D eigenvalue weighted by atomic mass is 10.2. The number of anilines is 1. The number of fused-ring (bicyclic) bond motifs is 1. The zero-order valence-corrected chi connectivity index (χ0v) is 8.23. The molecule has 0 aliphatic carbocycles. The van der Waals surface area contributed by atoms with Crippen molar-refractivity contribution in [2.24, 2.45) is 0 Å². The second-order valence-electron chi connectivity index (χ2n) is 3.19. The standard InChI is InChI=1S/C11H14N2O/c1-2-14-8-13-7-6-9-4-3-5-10(12)11(9)13/h3-7H,2,8,12H2,1H3. The van der Waals surface area contributed by atoms with E-state index in [1.807, 2.05) is 42.0 Å². The molecule has 0 aliphatic rings. The van der Waals surface area contributed by atoms with Crippen molar-refractivity contribution in [3.05, 3.63) is 30.5 Å². The van der Waals surface area contributed by atoms with Crippen molar-refractivity contribution in [2.45, 2.75) is 13.7 Å². The number of rotatable bonds is 3. The van der Waals surface area contributed by atoms with E-state index in [0.29, 0.717) is 13.3 Å². The van der Waals surface area contributed by atoms with Crippen LogP contribution in [-0.4, -0.2) is 11.2 Å². The molecule has 1 aromatic carbocycles. The zero-order chi connectivity index (χ0) is 9.97. The van der Waals surface area contributed by atoms with Gasteiger partial charge in [-0.1, -0.05) is 12.1 Å². The smallest absolute Gasteiger partial charge is 0.122 e. The van der Waals surface area contributed by atoms with Crippen molar-refractivity contribution in [3.63, 3.8) is 0 Å². The highest BCUT2D eigenvalue weighted by molar-refractivity contribution is 5.90. The van der Waals surface area contributed by atoms with Gasteiger partial charge in [0.1, 0.15) is 6.73 Å². The largest absolute Gasteiger partial charge is 0.397 e. The first kappa shape index (κ1) is 9.09. The van der Waals surface area contributed by atoms with E-state index < -0.39 is 0 Å². The van der Waals surface area contributed by atoms with Crippen molar-refractivity contribution in [1.29, 1.82) is 0 Å². The molecule has 0 bridgehead atoms. The molecule has 2 N–H and O–H groups in total. The highest BCUT2D eigenvalue weighted by Crippen LogP contribution is 2.21. The van der Waals surface area contributed by atoms with Crippen LogP contribution < -0.4 is 5.73 Å². The van der Waals surface area contributed by atoms with E-state index in [1.165, 1.54) is 0 Å². The van der Waals surface area contributed by atoms with E-state index in [0.717, 1.165) is 16.6 Å². The van der Waals surface area contributed by atoms with E-state index >= 15 is 0 Å². The summed E-state index contributed by atoms with van der Waals surface area (Å²) in [5.74, 6) is 0. The Morgan fingerprint density at radius 2 is 2.21 bits per heavy atom. The van der Waals surface area contributed by atoms with E-state index in [1.54, 1.807) is 0 Å². The average Bonchev–Trinajstić information content (AvgIpc) is 2.59. The molecule has 0 amide bonds. The summed E-state index contributed by atoms with van der Waals surface area (Å²) in [7, 11) is 0. The van der Waals surface area contributed by atoms with Crippen LogP contribution in [0.15, 0.2) is 30.5 Å². The number of hydrogen-bond donors (Lipinski definition) is 1. The predicted molar refractivity (Wildman–Crippen MR) is 58.0 cm³/mol. The molecular weight excluding hydrogens is 176 g/mol. The van der Waals surface area contributed by atoms with Gasteiger partial charge in [-0.25, -0.2) is 0 Å². The van der Waals surface area contributed by atoms with Crippen LogP contribution in [0, 0.1) is 0 Å². The van der Waals surface area contributed by atoms with Crippen molar-refractivity contribution < 1.29 is 4.74 Å². The lowest BCUT2D eigenvalue weighted by Gasteiger charge is -2.06. The van der Waals surface area contributed by atoms with Crippen LogP contribution in [0.5, 0.6) is 0 Å². The molecule has 0 saturated heterocycles. The topological polar surface area (TPSA) is 40.2 Å². The molecule has 1 aromatic heterocycles. The number of hydrogen-bond acceptors (Lipinski definition) is 2. The van der Waals surface area contributed by atoms with Gasteiger partial charge in [0, 0.05) is 18.2 Å². The number of ether oxygens (including phenoxy) is 1. The van der Waals surface area contributed by atoms with E-state index in [4.69, 9.17) is 10.5 Å². The molecule has 0 aliphatic heterocycles. The Hall–Kier alpha value is -1.48. The van der Waals surface area contributed by atoms with Crippen LogP contribution in [0.4, 0.5) is 5.69 Å². The van der Waals surface area contributed by atoms with Gasteiger partial charge in [0.05, 0.1) is 11.2 Å². The Morgan fingerprint density at radius 1 is 1.36 bits per heavy atom. The van der Waals surface area contributed by atoms with Crippen LogP contribution in [0.2, 0.25) is 0 Å². The summed E-state index contributed by atoms with van der Waals surface area (Å²) < 4.78 is 7.37. The van der Waals surface area contributed by atoms with Crippen molar-refractivity contribution in [2.75, 3.05) is 12.3 Å². The molecule has 0 unspecified atom stereocenters. The molecular formula is C11H14N2O. The van der Waals surface area contributed by atoms with Crippen molar-refractivity contribution in [1.82, 2.24) is 4.57 Å². The van der Waals surface area contributed by atoms with E-state index in [2.05, 4.69) is 0 Å². The van der Waals surface area contributed by atoms with Gasteiger partial charge in [-0.05, 0) is 19.1 Å². The Kier molecular flexibility index (Phi) is 2.41. The number of nitrogens with zero attached hydrogens (tertiary/aromatic N) is 1. The fourth-order valence-electron chi connectivity index (χ4n) is 1.59. The highest BCUT2D eigenvalue weighted by Gasteiger charge is 2.02. The predicted octanol–water partition coefficient (Wildman–Crippen LogP) is 2.22. The minimum atomic E-state index is 0.564. The molecule has 0 atom stereocenters. The van der Waals surface area contributed by atoms with Crippen molar-refractivity contribution >= 4 is 16.6 Å². The molecule has 0 saturated carbocycles. The quantitative estimate of drug-likeness (QED) is 0.754. The van der Waals surface area contributed by atoms with Gasteiger partial charge < -0.3 is 15.0 Å². The second kappa shape index (κ2) is 3.72. The van der Waals surface area contributed by atoms with Gasteiger partial charge in [0.15, 0.2) is 0 Å². The Labute approximate surface area is 83.1 Å².